The summed E-state index contributed by atoms with van der Waals surface area (Å²) in [6.07, 6.45) is 1.45. The minimum atomic E-state index is -0.982. The number of ether oxygens (including phenoxy) is 2. The van der Waals surface area contributed by atoms with Crippen LogP contribution in [0.4, 0.5) is 0 Å². The van der Waals surface area contributed by atoms with Crippen LogP contribution in [0.5, 0.6) is 0 Å². The molecule has 0 aliphatic carbocycles. The topological polar surface area (TPSA) is 52.6 Å². The third kappa shape index (κ3) is 6.30. The monoisotopic (exact) mass is 298 g/mol. The molecule has 1 rings (SSSR count). The van der Waals surface area contributed by atoms with Crippen molar-refractivity contribution >= 4 is 16.8 Å². The van der Waals surface area contributed by atoms with E-state index in [1.807, 2.05) is 6.07 Å². The van der Waals surface area contributed by atoms with Gasteiger partial charge in [-0.1, -0.05) is 31.5 Å². The first-order chi connectivity index (χ1) is 9.67. The fourth-order valence-corrected chi connectivity index (χ4v) is 3.05. The average molecular weight is 298 g/mol. The van der Waals surface area contributed by atoms with Gasteiger partial charge in [-0.05, 0) is 18.6 Å². The van der Waals surface area contributed by atoms with Gasteiger partial charge in [0.2, 0.25) is 0 Å². The van der Waals surface area contributed by atoms with E-state index in [1.165, 1.54) is 7.11 Å². The van der Waals surface area contributed by atoms with E-state index in [9.17, 15) is 9.00 Å². The average Bonchev–Trinajstić information content (AvgIpc) is 2.46. The van der Waals surface area contributed by atoms with Crippen LogP contribution in [-0.2, 0) is 20.3 Å². The minimum absolute atomic E-state index is 0.260. The van der Waals surface area contributed by atoms with Crippen molar-refractivity contribution in [3.63, 3.8) is 0 Å². The van der Waals surface area contributed by atoms with Gasteiger partial charge in [-0.3, -0.25) is 4.21 Å². The number of hydrogen-bond acceptors (Lipinski definition) is 4. The van der Waals surface area contributed by atoms with Crippen LogP contribution in [0.15, 0.2) is 30.3 Å². The number of methoxy groups -OCH3 is 1. The van der Waals surface area contributed by atoms with E-state index in [0.717, 1.165) is 12.8 Å². The van der Waals surface area contributed by atoms with Gasteiger partial charge >= 0.3 is 5.97 Å². The first-order valence-electron chi connectivity index (χ1n) is 6.77. The Morgan fingerprint density at radius 1 is 1.30 bits per heavy atom. The largest absolute Gasteiger partial charge is 0.455 e. The maximum Gasteiger partial charge on any atom is 0.338 e. The molecule has 0 N–H and O–H groups in total. The van der Waals surface area contributed by atoms with E-state index in [4.69, 9.17) is 9.47 Å². The molecular formula is C15H22O4S. The lowest BCUT2D eigenvalue weighted by Crippen LogP contribution is -2.29. The number of unbranched alkanes of at least 4 members (excludes halogenated alkanes) is 1. The smallest absolute Gasteiger partial charge is 0.338 e. The van der Waals surface area contributed by atoms with Gasteiger partial charge in [-0.25, -0.2) is 4.79 Å². The minimum Gasteiger partial charge on any atom is -0.455 e. The standard InChI is InChI=1S/C15H22O4S/c1-3-4-10-20(17)12-14(11-18-2)19-15(16)13-8-6-5-7-9-13/h5-9,14H,3-4,10-12H2,1-2H3/t14-,20-/m0/s1. The van der Waals surface area contributed by atoms with Gasteiger partial charge in [-0.2, -0.15) is 0 Å². The lowest BCUT2D eigenvalue weighted by molar-refractivity contribution is 0.0132. The zero-order valence-electron chi connectivity index (χ0n) is 12.0. The summed E-state index contributed by atoms with van der Waals surface area (Å²) < 4.78 is 22.3. The predicted molar refractivity (Wildman–Crippen MR) is 80.3 cm³/mol. The fourth-order valence-electron chi connectivity index (χ4n) is 1.69. The number of rotatable bonds is 9. The highest BCUT2D eigenvalue weighted by Crippen LogP contribution is 2.06. The van der Waals surface area contributed by atoms with Crippen molar-refractivity contribution in [3.05, 3.63) is 35.9 Å². The normalized spacial score (nSPS) is 13.7. The molecule has 112 valence electrons. The van der Waals surface area contributed by atoms with Gasteiger partial charge in [0.25, 0.3) is 0 Å². The van der Waals surface area contributed by atoms with E-state index in [1.54, 1.807) is 24.3 Å². The van der Waals surface area contributed by atoms with Crippen molar-refractivity contribution in [2.75, 3.05) is 25.2 Å². The third-order valence-electron chi connectivity index (χ3n) is 2.73. The van der Waals surface area contributed by atoms with Crippen molar-refractivity contribution in [2.45, 2.75) is 25.9 Å². The Morgan fingerprint density at radius 2 is 2.00 bits per heavy atom. The fraction of sp³-hybridized carbons (Fsp3) is 0.533. The molecule has 20 heavy (non-hydrogen) atoms. The van der Waals surface area contributed by atoms with Crippen LogP contribution < -0.4 is 0 Å². The molecule has 2 atom stereocenters. The zero-order chi connectivity index (χ0) is 14.8. The molecule has 0 heterocycles. The SMILES string of the molecule is CCCC[S@](=O)C[C@H](COC)OC(=O)c1ccccc1. The molecule has 0 spiro atoms. The summed E-state index contributed by atoms with van der Waals surface area (Å²) >= 11 is 0. The second-order valence-electron chi connectivity index (χ2n) is 4.51. The van der Waals surface area contributed by atoms with Crippen LogP contribution in [0.2, 0.25) is 0 Å². The highest BCUT2D eigenvalue weighted by molar-refractivity contribution is 7.85. The molecule has 5 heteroatoms. The van der Waals surface area contributed by atoms with Gasteiger partial charge in [0.05, 0.1) is 17.9 Å². The van der Waals surface area contributed by atoms with Crippen molar-refractivity contribution in [2.24, 2.45) is 0 Å². The molecule has 0 aromatic heterocycles. The molecule has 1 aromatic rings. The van der Waals surface area contributed by atoms with Gasteiger partial charge in [0, 0.05) is 23.7 Å². The number of esters is 1. The molecule has 0 amide bonds. The van der Waals surface area contributed by atoms with E-state index in [-0.39, 0.29) is 6.61 Å². The summed E-state index contributed by atoms with van der Waals surface area (Å²) in [6.45, 7) is 2.32. The number of carbonyl (C=O) groups is 1. The number of hydrogen-bond donors (Lipinski definition) is 0. The molecule has 1 aromatic carbocycles. The molecule has 0 radical (unpaired) electrons. The molecule has 0 saturated heterocycles. The summed E-state index contributed by atoms with van der Waals surface area (Å²) in [4.78, 5) is 11.9. The summed E-state index contributed by atoms with van der Waals surface area (Å²) in [7, 11) is 0.558. The van der Waals surface area contributed by atoms with Crippen LogP contribution in [0.25, 0.3) is 0 Å². The zero-order valence-corrected chi connectivity index (χ0v) is 12.9. The molecule has 0 unspecified atom stereocenters. The van der Waals surface area contributed by atoms with Crippen molar-refractivity contribution < 1.29 is 18.5 Å². The second kappa shape index (κ2) is 9.66. The van der Waals surface area contributed by atoms with Gasteiger partial charge in [-0.15, -0.1) is 0 Å². The highest BCUT2D eigenvalue weighted by atomic mass is 32.2. The Labute approximate surface area is 122 Å². The van der Waals surface area contributed by atoms with Crippen LogP contribution in [0.3, 0.4) is 0 Å². The maximum absolute atomic E-state index is 11.9. The van der Waals surface area contributed by atoms with Crippen LogP contribution in [0.1, 0.15) is 30.1 Å². The molecule has 0 aliphatic heterocycles. The molecule has 0 saturated carbocycles. The van der Waals surface area contributed by atoms with Gasteiger partial charge in [0.15, 0.2) is 0 Å². The predicted octanol–water partition coefficient (Wildman–Crippen LogP) is 2.41. The van der Waals surface area contributed by atoms with E-state index < -0.39 is 22.9 Å². The summed E-state index contributed by atoms with van der Waals surface area (Å²) in [6, 6.07) is 8.78. The van der Waals surface area contributed by atoms with E-state index >= 15 is 0 Å². The van der Waals surface area contributed by atoms with Crippen molar-refractivity contribution in [1.82, 2.24) is 0 Å². The molecule has 0 aliphatic rings. The van der Waals surface area contributed by atoms with E-state index in [0.29, 0.717) is 17.1 Å². The van der Waals surface area contributed by atoms with Crippen molar-refractivity contribution in [1.29, 1.82) is 0 Å². The lowest BCUT2D eigenvalue weighted by atomic mass is 10.2. The summed E-state index contributed by atoms with van der Waals surface area (Å²) in [5.74, 6) is 0.562. The van der Waals surface area contributed by atoms with Crippen molar-refractivity contribution in [3.8, 4) is 0 Å². The number of carbonyl (C=O) groups excluding carboxylic acids is 1. The molecule has 0 bridgehead atoms. The van der Waals surface area contributed by atoms with Gasteiger partial charge < -0.3 is 9.47 Å². The number of benzene rings is 1. The Morgan fingerprint density at radius 3 is 2.60 bits per heavy atom. The third-order valence-corrected chi connectivity index (χ3v) is 4.22. The quantitative estimate of drug-likeness (QED) is 0.657. The highest BCUT2D eigenvalue weighted by Gasteiger charge is 2.18. The van der Waals surface area contributed by atoms with E-state index in [2.05, 4.69) is 6.92 Å². The lowest BCUT2D eigenvalue weighted by Gasteiger charge is -2.16. The Bertz CT molecular complexity index is 419. The molecule has 0 fully saturated rings. The Hall–Kier alpha value is -1.20. The maximum atomic E-state index is 11.9. The molecular weight excluding hydrogens is 276 g/mol. The van der Waals surface area contributed by atoms with Crippen LogP contribution in [-0.4, -0.2) is 41.5 Å². The van der Waals surface area contributed by atoms with Gasteiger partial charge in [0.1, 0.15) is 6.10 Å². The first kappa shape index (κ1) is 16.9. The van der Waals surface area contributed by atoms with Crippen LogP contribution >= 0.6 is 0 Å². The first-order valence-corrected chi connectivity index (χ1v) is 8.26. The summed E-state index contributed by atoms with van der Waals surface area (Å²) in [5.41, 5.74) is 0.493. The summed E-state index contributed by atoms with van der Waals surface area (Å²) in [5, 5.41) is 0. The second-order valence-corrected chi connectivity index (χ2v) is 6.13. The molecule has 4 nitrogen and oxygen atoms in total. The Kier molecular flexibility index (Phi) is 8.14. The Balaban J connectivity index is 2.54. The van der Waals surface area contributed by atoms with Crippen LogP contribution in [0, 0.1) is 0 Å².